The molecule has 0 radical (unpaired) electrons. The number of carbonyl (C=O) groups excluding carboxylic acids is 2. The Kier molecular flexibility index (Phi) is 5.68. The van der Waals surface area contributed by atoms with Crippen LogP contribution >= 0.6 is 0 Å². The minimum absolute atomic E-state index is 0.173. The second-order valence-electron chi connectivity index (χ2n) is 4.97. The Balaban J connectivity index is 2.52. The zero-order valence-corrected chi connectivity index (χ0v) is 13.6. The number of methoxy groups -OCH3 is 2. The molecule has 0 aliphatic rings. The number of hydrogen-bond acceptors (Lipinski definition) is 4. The maximum Gasteiger partial charge on any atom is 0.345 e. The molecule has 0 N–H and O–H groups in total. The van der Waals surface area contributed by atoms with Crippen molar-refractivity contribution >= 4 is 23.6 Å². The lowest BCUT2D eigenvalue weighted by Crippen LogP contribution is -2.15. The van der Waals surface area contributed by atoms with E-state index in [1.807, 2.05) is 48.5 Å². The van der Waals surface area contributed by atoms with Gasteiger partial charge in [0.25, 0.3) is 0 Å². The molecule has 0 saturated heterocycles. The predicted molar refractivity (Wildman–Crippen MR) is 93.0 cm³/mol. The fraction of sp³-hybridized carbons (Fsp3) is 0.100. The Bertz CT molecular complexity index is 770. The summed E-state index contributed by atoms with van der Waals surface area (Å²) in [5.74, 6) is -1.50. The Morgan fingerprint density at radius 1 is 0.875 bits per heavy atom. The van der Waals surface area contributed by atoms with E-state index in [9.17, 15) is 9.59 Å². The van der Waals surface area contributed by atoms with Gasteiger partial charge in [-0.1, -0.05) is 61.2 Å². The van der Waals surface area contributed by atoms with Gasteiger partial charge in [-0.2, -0.15) is 0 Å². The second-order valence-corrected chi connectivity index (χ2v) is 4.97. The highest BCUT2D eigenvalue weighted by Crippen LogP contribution is 2.26. The van der Waals surface area contributed by atoms with Crippen molar-refractivity contribution in [3.05, 3.63) is 83.4 Å². The summed E-state index contributed by atoms with van der Waals surface area (Å²) in [6.07, 6.45) is 1.46. The van der Waals surface area contributed by atoms with Crippen molar-refractivity contribution in [1.82, 2.24) is 0 Å². The third-order valence-electron chi connectivity index (χ3n) is 3.52. The maximum atomic E-state index is 11.9. The van der Waals surface area contributed by atoms with E-state index in [1.165, 1.54) is 20.3 Å². The fourth-order valence-electron chi connectivity index (χ4n) is 2.27. The van der Waals surface area contributed by atoms with Crippen LogP contribution in [0.15, 0.2) is 66.7 Å². The largest absolute Gasteiger partial charge is 0.465 e. The molecule has 2 aromatic carbocycles. The summed E-state index contributed by atoms with van der Waals surface area (Å²) in [5, 5.41) is 0. The first kappa shape index (κ1) is 17.2. The molecular weight excluding hydrogens is 304 g/mol. The van der Waals surface area contributed by atoms with E-state index >= 15 is 0 Å². The topological polar surface area (TPSA) is 52.6 Å². The first-order valence-electron chi connectivity index (χ1n) is 7.30. The Labute approximate surface area is 141 Å². The van der Waals surface area contributed by atoms with Gasteiger partial charge in [-0.25, -0.2) is 9.59 Å². The SMILES string of the molecule is C=C(c1ccccc1)c1ccccc1C=C(C(=O)OC)C(=O)OC. The average molecular weight is 322 g/mol. The van der Waals surface area contributed by atoms with Crippen molar-refractivity contribution in [2.75, 3.05) is 14.2 Å². The van der Waals surface area contributed by atoms with Gasteiger partial charge in [0, 0.05) is 0 Å². The van der Waals surface area contributed by atoms with Crippen LogP contribution in [0.3, 0.4) is 0 Å². The zero-order valence-electron chi connectivity index (χ0n) is 13.6. The Hall–Kier alpha value is -3.14. The summed E-state index contributed by atoms with van der Waals surface area (Å²) < 4.78 is 9.32. The molecule has 0 saturated carbocycles. The van der Waals surface area contributed by atoms with Crippen molar-refractivity contribution < 1.29 is 19.1 Å². The molecule has 4 nitrogen and oxygen atoms in total. The van der Waals surface area contributed by atoms with Gasteiger partial charge in [-0.05, 0) is 28.3 Å². The number of carbonyl (C=O) groups is 2. The molecule has 0 atom stereocenters. The molecule has 0 fully saturated rings. The van der Waals surface area contributed by atoms with Gasteiger partial charge < -0.3 is 9.47 Å². The van der Waals surface area contributed by atoms with E-state index < -0.39 is 11.9 Å². The number of benzene rings is 2. The van der Waals surface area contributed by atoms with Crippen LogP contribution in [0.5, 0.6) is 0 Å². The van der Waals surface area contributed by atoms with Gasteiger partial charge in [0.1, 0.15) is 5.57 Å². The molecule has 0 aliphatic heterocycles. The lowest BCUT2D eigenvalue weighted by molar-refractivity contribution is -0.143. The van der Waals surface area contributed by atoms with Gasteiger partial charge >= 0.3 is 11.9 Å². The summed E-state index contributed by atoms with van der Waals surface area (Å²) in [6, 6.07) is 17.0. The van der Waals surface area contributed by atoms with Crippen molar-refractivity contribution in [3.8, 4) is 0 Å². The standard InChI is InChI=1S/C20H18O4/c1-14(15-9-5-4-6-10-15)17-12-8-7-11-16(17)13-18(19(21)23-2)20(22)24-3/h4-13H,1H2,2-3H3. The molecule has 0 heterocycles. The summed E-state index contributed by atoms with van der Waals surface area (Å²) in [5.41, 5.74) is 3.06. The van der Waals surface area contributed by atoms with E-state index in [4.69, 9.17) is 0 Å². The number of hydrogen-bond donors (Lipinski definition) is 0. The molecule has 2 aromatic rings. The van der Waals surface area contributed by atoms with Gasteiger partial charge in [0.05, 0.1) is 14.2 Å². The normalized spacial score (nSPS) is 9.75. The monoisotopic (exact) mass is 322 g/mol. The third-order valence-corrected chi connectivity index (χ3v) is 3.52. The summed E-state index contributed by atoms with van der Waals surface area (Å²) >= 11 is 0. The highest BCUT2D eigenvalue weighted by Gasteiger charge is 2.20. The maximum absolute atomic E-state index is 11.9. The predicted octanol–water partition coefficient (Wildman–Crippen LogP) is 3.48. The molecule has 0 amide bonds. The van der Waals surface area contributed by atoms with Crippen LogP contribution in [0, 0.1) is 0 Å². The third kappa shape index (κ3) is 3.79. The lowest BCUT2D eigenvalue weighted by atomic mass is 9.94. The van der Waals surface area contributed by atoms with Gasteiger partial charge in [-0.15, -0.1) is 0 Å². The minimum atomic E-state index is -0.748. The molecule has 0 bridgehead atoms. The molecule has 0 spiro atoms. The zero-order chi connectivity index (χ0) is 17.5. The van der Waals surface area contributed by atoms with Crippen molar-refractivity contribution in [2.24, 2.45) is 0 Å². The fourth-order valence-corrected chi connectivity index (χ4v) is 2.27. The molecule has 24 heavy (non-hydrogen) atoms. The van der Waals surface area contributed by atoms with Gasteiger partial charge in [0.15, 0.2) is 0 Å². The van der Waals surface area contributed by atoms with Crippen molar-refractivity contribution in [2.45, 2.75) is 0 Å². The van der Waals surface area contributed by atoms with Gasteiger partial charge in [0.2, 0.25) is 0 Å². The van der Waals surface area contributed by atoms with Crippen LogP contribution in [0.4, 0.5) is 0 Å². The highest BCUT2D eigenvalue weighted by atomic mass is 16.5. The molecule has 4 heteroatoms. The Morgan fingerprint density at radius 3 is 2.00 bits per heavy atom. The molecule has 2 rings (SSSR count). The van der Waals surface area contributed by atoms with Crippen molar-refractivity contribution in [1.29, 1.82) is 0 Å². The summed E-state index contributed by atoms with van der Waals surface area (Å²) in [6.45, 7) is 4.13. The molecule has 0 aromatic heterocycles. The van der Waals surface area contributed by atoms with Crippen LogP contribution in [0.25, 0.3) is 11.6 Å². The second kappa shape index (κ2) is 7.92. The Morgan fingerprint density at radius 2 is 1.42 bits per heavy atom. The number of rotatable bonds is 5. The summed E-state index contributed by atoms with van der Waals surface area (Å²) in [4.78, 5) is 23.7. The van der Waals surface area contributed by atoms with E-state index in [2.05, 4.69) is 16.1 Å². The van der Waals surface area contributed by atoms with E-state index in [0.29, 0.717) is 5.56 Å². The molecule has 0 unspecified atom stereocenters. The van der Waals surface area contributed by atoms with Crippen LogP contribution < -0.4 is 0 Å². The van der Waals surface area contributed by atoms with E-state index in [0.717, 1.165) is 16.7 Å². The molecule has 122 valence electrons. The van der Waals surface area contributed by atoms with Crippen LogP contribution in [-0.4, -0.2) is 26.2 Å². The minimum Gasteiger partial charge on any atom is -0.465 e. The first-order valence-corrected chi connectivity index (χ1v) is 7.30. The summed E-state index contributed by atoms with van der Waals surface area (Å²) in [7, 11) is 2.43. The van der Waals surface area contributed by atoms with Crippen LogP contribution in [0.2, 0.25) is 0 Å². The van der Waals surface area contributed by atoms with Crippen LogP contribution in [-0.2, 0) is 19.1 Å². The average Bonchev–Trinajstić information content (AvgIpc) is 2.65. The van der Waals surface area contributed by atoms with Crippen LogP contribution in [0.1, 0.15) is 16.7 Å². The number of esters is 2. The quantitative estimate of drug-likeness (QED) is 0.366. The smallest absolute Gasteiger partial charge is 0.345 e. The lowest BCUT2D eigenvalue weighted by Gasteiger charge is -2.11. The van der Waals surface area contributed by atoms with Crippen molar-refractivity contribution in [3.63, 3.8) is 0 Å². The van der Waals surface area contributed by atoms with E-state index in [-0.39, 0.29) is 5.57 Å². The first-order chi connectivity index (χ1) is 11.6. The van der Waals surface area contributed by atoms with Gasteiger partial charge in [-0.3, -0.25) is 0 Å². The van der Waals surface area contributed by atoms with E-state index in [1.54, 1.807) is 6.07 Å². The molecule has 0 aliphatic carbocycles. The number of ether oxygens (including phenoxy) is 2. The highest BCUT2D eigenvalue weighted by molar-refractivity contribution is 6.17. The molecular formula is C20H18O4.